The Morgan fingerprint density at radius 1 is 1.03 bits per heavy atom. The van der Waals surface area contributed by atoms with Crippen molar-refractivity contribution in [2.45, 2.75) is 140 Å². The summed E-state index contributed by atoms with van der Waals surface area (Å²) >= 11 is 0. The van der Waals surface area contributed by atoms with Gasteiger partial charge in [-0.1, -0.05) is 170 Å². The summed E-state index contributed by atoms with van der Waals surface area (Å²) in [7, 11) is 0. The number of hydrazine groups is 1. The van der Waals surface area contributed by atoms with Crippen molar-refractivity contribution in [2.75, 3.05) is 0 Å². The van der Waals surface area contributed by atoms with Crippen molar-refractivity contribution in [3.05, 3.63) is 186 Å². The maximum atomic E-state index is 6.70. The lowest BCUT2D eigenvalue weighted by Crippen LogP contribution is -2.35. The van der Waals surface area contributed by atoms with Crippen molar-refractivity contribution < 1.29 is 4.68 Å². The lowest BCUT2D eigenvalue weighted by atomic mass is 9.69. The van der Waals surface area contributed by atoms with E-state index in [4.69, 9.17) is 12.4 Å². The summed E-state index contributed by atoms with van der Waals surface area (Å²) in [4.78, 5) is 3.91. The minimum Gasteiger partial charge on any atom is -0.205 e. The molecule has 0 aromatic carbocycles. The highest BCUT2D eigenvalue weighted by atomic mass is 15.3. The molecule has 2 atom stereocenters. The Hall–Kier alpha value is -4.94. The van der Waals surface area contributed by atoms with Crippen LogP contribution in [0.4, 0.5) is 0 Å². The molecule has 326 valence electrons. The standard InChI is InChI=1S/C52H75N3.C3H6.C2H4/c1-15-20-22-24-27-41(8)49(52(12,13)48(19-5)40(7)25-17-3)31-29-44-35-39(6)36-45(47(44)38-43(26-18-4)28-23-21-16-2)30-32-50-51(10,11)42(9)37-46(54-14)33-34-55(50)53;1-3-2;1-2/h14,17-19,23,25-26,28-34,37,39,41H,4-5,9,15-16,20-22,24,27,35-36,38,53H2,1-3,6-8,10-13H3;3H,1H2,2H3;1-2H2/q+2;;/b25-17-,28-23-,32-30+,34-33-,43-26+,44-29+,46-37+,48-40+,49-31+,55-50-;;. The second-order valence-electron chi connectivity index (χ2n) is 17.1. The van der Waals surface area contributed by atoms with Crippen molar-refractivity contribution >= 4 is 5.71 Å². The van der Waals surface area contributed by atoms with Gasteiger partial charge in [-0.15, -0.1) is 19.7 Å². The quantitative estimate of drug-likeness (QED) is 0.0455. The van der Waals surface area contributed by atoms with E-state index in [1.54, 1.807) is 10.8 Å². The third-order valence-electron chi connectivity index (χ3n) is 11.4. The van der Waals surface area contributed by atoms with E-state index in [0.29, 0.717) is 17.5 Å². The fourth-order valence-electron chi connectivity index (χ4n) is 8.07. The van der Waals surface area contributed by atoms with Crippen molar-refractivity contribution in [1.82, 2.24) is 0 Å². The number of hydrogen-bond donors (Lipinski definition) is 1. The predicted molar refractivity (Wildman–Crippen MR) is 272 cm³/mol. The fourth-order valence-corrected chi connectivity index (χ4v) is 8.07. The Balaban J connectivity index is 0.00000664. The molecule has 1 heterocycles. The monoisotopic (exact) mass is 812 g/mol. The number of nitrogens with zero attached hydrogens (tertiary/aromatic N) is 2. The van der Waals surface area contributed by atoms with Crippen LogP contribution >= 0.6 is 0 Å². The van der Waals surface area contributed by atoms with Gasteiger partial charge >= 0.3 is 5.70 Å². The Morgan fingerprint density at radius 3 is 2.27 bits per heavy atom. The molecule has 0 aromatic rings. The molecule has 0 bridgehead atoms. The molecule has 0 aromatic heterocycles. The lowest BCUT2D eigenvalue weighted by Gasteiger charge is -2.35. The highest BCUT2D eigenvalue weighted by molar-refractivity contribution is 5.98. The third kappa shape index (κ3) is 17.3. The molecule has 0 fully saturated rings. The van der Waals surface area contributed by atoms with Gasteiger partial charge < -0.3 is 0 Å². The van der Waals surface area contributed by atoms with E-state index >= 15 is 0 Å². The van der Waals surface area contributed by atoms with E-state index < -0.39 is 5.41 Å². The molecule has 1 aliphatic heterocycles. The van der Waals surface area contributed by atoms with E-state index in [-0.39, 0.29) is 5.41 Å². The first-order chi connectivity index (χ1) is 28.5. The van der Waals surface area contributed by atoms with Crippen LogP contribution in [-0.4, -0.2) is 10.4 Å². The van der Waals surface area contributed by atoms with Crippen molar-refractivity contribution in [2.24, 2.45) is 28.5 Å². The molecule has 60 heavy (non-hydrogen) atoms. The third-order valence-corrected chi connectivity index (χ3v) is 11.4. The van der Waals surface area contributed by atoms with Crippen LogP contribution in [0.5, 0.6) is 0 Å². The van der Waals surface area contributed by atoms with Crippen molar-refractivity contribution in [3.63, 3.8) is 0 Å². The number of hydrazone groups is 1. The Morgan fingerprint density at radius 2 is 1.70 bits per heavy atom. The first-order valence-electron chi connectivity index (χ1n) is 22.3. The highest BCUT2D eigenvalue weighted by Crippen LogP contribution is 2.44. The molecule has 3 nitrogen and oxygen atoms in total. The number of nitrogens with two attached hydrogens (primary N) is 1. The zero-order valence-electron chi connectivity index (χ0n) is 40.2. The van der Waals surface area contributed by atoms with Crippen LogP contribution in [0.3, 0.4) is 0 Å². The van der Waals surface area contributed by atoms with Gasteiger partial charge in [0.15, 0.2) is 0 Å². The smallest absolute Gasteiger partial charge is 0.205 e. The van der Waals surface area contributed by atoms with Crippen LogP contribution in [0.15, 0.2) is 181 Å². The van der Waals surface area contributed by atoms with Crippen molar-refractivity contribution in [3.8, 4) is 6.57 Å². The Bertz CT molecular complexity index is 1840. The number of unbranched alkanes of at least 4 members (excludes halogenated alkanes) is 4. The SMILES string of the molecule is C#[N+]C1=C/C(=C)C(C)(C)C(/C=C/C2=C(CC(/C=C\CCC)=C/C=C)C(=C/C=C(\C(C)CCCCCC)C(C)(C)/C(C=C)=C(C)/C=C\C)/CC(C)C2)=[N+](N)/C=C\1.C=C.C=CC. The summed E-state index contributed by atoms with van der Waals surface area (Å²) in [5.74, 6) is 7.60. The van der Waals surface area contributed by atoms with Gasteiger partial charge in [-0.05, 0) is 122 Å². The van der Waals surface area contributed by atoms with Crippen molar-refractivity contribution in [1.29, 1.82) is 0 Å². The number of rotatable bonds is 19. The van der Waals surface area contributed by atoms with Crippen LogP contribution in [0.25, 0.3) is 4.85 Å². The largest absolute Gasteiger partial charge is 0.346 e. The van der Waals surface area contributed by atoms with Gasteiger partial charge in [0.25, 0.3) is 6.57 Å². The molecule has 0 radical (unpaired) electrons. The first-order valence-corrected chi connectivity index (χ1v) is 22.3. The Labute approximate surface area is 370 Å². The molecule has 2 rings (SSSR count). The summed E-state index contributed by atoms with van der Waals surface area (Å²) in [5, 5.41) is 0. The minimum absolute atomic E-state index is 0.192. The summed E-state index contributed by atoms with van der Waals surface area (Å²) in [6, 6.07) is 0. The van der Waals surface area contributed by atoms with Gasteiger partial charge in [0.2, 0.25) is 11.9 Å². The van der Waals surface area contributed by atoms with Gasteiger partial charge in [-0.3, -0.25) is 0 Å². The molecule has 0 spiro atoms. The zero-order chi connectivity index (χ0) is 45.9. The number of allylic oxidation sites excluding steroid dienone is 22. The van der Waals surface area contributed by atoms with Gasteiger partial charge in [-0.2, -0.15) is 0 Å². The van der Waals surface area contributed by atoms with Gasteiger partial charge in [0, 0.05) is 17.6 Å². The average molecular weight is 812 g/mol. The summed E-state index contributed by atoms with van der Waals surface area (Å²) in [5.41, 5.74) is 11.2. The van der Waals surface area contributed by atoms with Gasteiger partial charge in [0.05, 0.1) is 11.5 Å². The van der Waals surface area contributed by atoms with Crippen LogP contribution < -0.4 is 5.84 Å². The molecule has 2 aliphatic rings. The summed E-state index contributed by atoms with van der Waals surface area (Å²) in [6.07, 6.45) is 43.1. The first kappa shape index (κ1) is 55.1. The normalized spacial score (nSPS) is 21.8. The molecular weight excluding hydrogens is 727 g/mol. The van der Waals surface area contributed by atoms with Crippen LogP contribution in [-0.2, 0) is 0 Å². The maximum absolute atomic E-state index is 6.70. The van der Waals surface area contributed by atoms with E-state index in [0.717, 1.165) is 43.4 Å². The topological polar surface area (TPSA) is 33.4 Å². The minimum atomic E-state index is -0.458. The molecule has 2 N–H and O–H groups in total. The fraction of sp³-hybridized carbons (Fsp3) is 0.439. The highest BCUT2D eigenvalue weighted by Gasteiger charge is 2.36. The maximum Gasteiger partial charge on any atom is 0.346 e. The summed E-state index contributed by atoms with van der Waals surface area (Å²) in [6.45, 7) is 52.4. The van der Waals surface area contributed by atoms with E-state index in [1.165, 1.54) is 71.1 Å². The Kier molecular flexibility index (Phi) is 26.9. The average Bonchev–Trinajstić information content (AvgIpc) is 3.20. The molecule has 0 amide bonds. The van der Waals surface area contributed by atoms with E-state index in [9.17, 15) is 0 Å². The molecule has 1 aliphatic carbocycles. The molecule has 0 saturated carbocycles. The molecule has 3 heteroatoms. The van der Waals surface area contributed by atoms with Crippen LogP contribution in [0.2, 0.25) is 0 Å². The van der Waals surface area contributed by atoms with Crippen LogP contribution in [0.1, 0.15) is 140 Å². The molecular formula is C57H85N3+2. The zero-order valence-corrected chi connectivity index (χ0v) is 40.2. The lowest BCUT2D eigenvalue weighted by molar-refractivity contribution is -0.471. The van der Waals surface area contributed by atoms with E-state index in [1.807, 2.05) is 31.4 Å². The summed E-state index contributed by atoms with van der Waals surface area (Å²) < 4.78 is 1.68. The second kappa shape index (κ2) is 29.3. The van der Waals surface area contributed by atoms with Gasteiger partial charge in [0.1, 0.15) is 0 Å². The van der Waals surface area contributed by atoms with E-state index in [2.05, 4.69) is 174 Å². The molecule has 2 unspecified atom stereocenters. The predicted octanol–water partition coefficient (Wildman–Crippen LogP) is 17.0. The van der Waals surface area contributed by atoms with Gasteiger partial charge in [-0.25, -0.2) is 5.84 Å². The van der Waals surface area contributed by atoms with Crippen LogP contribution in [0, 0.1) is 29.2 Å². The molecule has 0 saturated heterocycles. The number of hydrogen-bond acceptors (Lipinski definition) is 1. The second-order valence-corrected chi connectivity index (χ2v) is 17.1.